The molecule has 110 valence electrons. The number of carbonyl (C=O) groups is 1. The molecule has 0 atom stereocenters. The molecule has 3 aromatic rings. The van der Waals surface area contributed by atoms with Crippen LogP contribution in [0.15, 0.2) is 59.4 Å². The molecule has 6 heteroatoms. The first-order valence-electron chi connectivity index (χ1n) is 6.62. The van der Waals surface area contributed by atoms with Gasteiger partial charge in [-0.05, 0) is 35.9 Å². The van der Waals surface area contributed by atoms with E-state index in [2.05, 4.69) is 15.5 Å². The summed E-state index contributed by atoms with van der Waals surface area (Å²) in [5.74, 6) is -0.602. The summed E-state index contributed by atoms with van der Waals surface area (Å²) in [5, 5.41) is 6.54. The Kier molecular flexibility index (Phi) is 3.91. The third kappa shape index (κ3) is 3.17. The molecule has 3 rings (SSSR count). The van der Waals surface area contributed by atoms with Crippen LogP contribution in [-0.2, 0) is 6.54 Å². The lowest BCUT2D eigenvalue weighted by atomic mass is 10.1. The first kappa shape index (κ1) is 13.9. The maximum Gasteiger partial charge on any atom is 0.290 e. The second kappa shape index (κ2) is 6.17. The molecule has 1 aromatic carbocycles. The molecule has 5 nitrogen and oxygen atoms in total. The van der Waals surface area contributed by atoms with Crippen LogP contribution in [0.5, 0.6) is 0 Å². The van der Waals surface area contributed by atoms with E-state index in [0.717, 1.165) is 5.56 Å². The number of nitrogens with zero attached hydrogens (tertiary/aromatic N) is 2. The van der Waals surface area contributed by atoms with Crippen LogP contribution in [-0.4, -0.2) is 16.0 Å². The first-order valence-corrected chi connectivity index (χ1v) is 6.62. The second-order valence-electron chi connectivity index (χ2n) is 4.63. The molecular formula is C16H12FN3O2. The van der Waals surface area contributed by atoms with E-state index < -0.39 is 0 Å². The number of hydrogen-bond donors (Lipinski definition) is 1. The van der Waals surface area contributed by atoms with Gasteiger partial charge >= 0.3 is 0 Å². The van der Waals surface area contributed by atoms with Gasteiger partial charge in [0.15, 0.2) is 0 Å². The molecule has 1 amide bonds. The van der Waals surface area contributed by atoms with Crippen molar-refractivity contribution in [2.45, 2.75) is 6.54 Å². The lowest BCUT2D eigenvalue weighted by Crippen LogP contribution is -2.22. The SMILES string of the molecule is O=C(NCc1cccnc1)c1cc(-c2ccc(F)cc2)no1. The monoisotopic (exact) mass is 297 g/mol. The summed E-state index contributed by atoms with van der Waals surface area (Å²) >= 11 is 0. The molecule has 0 bridgehead atoms. The maximum atomic E-state index is 12.9. The average molecular weight is 297 g/mol. The molecule has 0 radical (unpaired) electrons. The lowest BCUT2D eigenvalue weighted by Gasteiger charge is -2.01. The highest BCUT2D eigenvalue weighted by Gasteiger charge is 2.13. The van der Waals surface area contributed by atoms with Gasteiger partial charge in [0.25, 0.3) is 5.91 Å². The van der Waals surface area contributed by atoms with Gasteiger partial charge in [0.2, 0.25) is 5.76 Å². The third-order valence-corrected chi connectivity index (χ3v) is 3.05. The van der Waals surface area contributed by atoms with Gasteiger partial charge in [0, 0.05) is 30.6 Å². The molecule has 0 fully saturated rings. The van der Waals surface area contributed by atoms with Crippen molar-refractivity contribution in [3.63, 3.8) is 0 Å². The van der Waals surface area contributed by atoms with Crippen LogP contribution < -0.4 is 5.32 Å². The number of aromatic nitrogens is 2. The van der Waals surface area contributed by atoms with Crippen LogP contribution in [0.25, 0.3) is 11.3 Å². The fraction of sp³-hybridized carbons (Fsp3) is 0.0625. The largest absolute Gasteiger partial charge is 0.350 e. The molecule has 0 saturated heterocycles. The number of benzene rings is 1. The van der Waals surface area contributed by atoms with Crippen molar-refractivity contribution in [2.75, 3.05) is 0 Å². The van der Waals surface area contributed by atoms with E-state index in [1.165, 1.54) is 18.2 Å². The molecule has 0 aliphatic carbocycles. The van der Waals surface area contributed by atoms with Crippen molar-refractivity contribution in [2.24, 2.45) is 0 Å². The van der Waals surface area contributed by atoms with Crippen molar-refractivity contribution >= 4 is 5.91 Å². The Hall–Kier alpha value is -3.02. The second-order valence-corrected chi connectivity index (χ2v) is 4.63. The maximum absolute atomic E-state index is 12.9. The number of hydrogen-bond acceptors (Lipinski definition) is 4. The predicted octanol–water partition coefficient (Wildman–Crippen LogP) is 2.81. The highest BCUT2D eigenvalue weighted by Crippen LogP contribution is 2.19. The quantitative estimate of drug-likeness (QED) is 0.804. The van der Waals surface area contributed by atoms with E-state index in [1.54, 1.807) is 30.6 Å². The van der Waals surface area contributed by atoms with Crippen LogP contribution >= 0.6 is 0 Å². The number of nitrogens with one attached hydrogen (secondary N) is 1. The number of pyridine rings is 1. The number of halogens is 1. The van der Waals surface area contributed by atoms with Crippen molar-refractivity contribution in [1.29, 1.82) is 0 Å². The van der Waals surface area contributed by atoms with E-state index in [4.69, 9.17) is 4.52 Å². The minimum Gasteiger partial charge on any atom is -0.350 e. The van der Waals surface area contributed by atoms with E-state index in [9.17, 15) is 9.18 Å². The van der Waals surface area contributed by atoms with Crippen molar-refractivity contribution in [3.05, 3.63) is 72.0 Å². The molecule has 0 aliphatic rings. The Balaban J connectivity index is 1.68. The minimum atomic E-state index is -0.371. The molecule has 2 aromatic heterocycles. The van der Waals surface area contributed by atoms with Gasteiger partial charge in [0.05, 0.1) is 0 Å². The number of amides is 1. The molecule has 0 spiro atoms. The lowest BCUT2D eigenvalue weighted by molar-refractivity contribution is 0.0914. The zero-order valence-electron chi connectivity index (χ0n) is 11.5. The topological polar surface area (TPSA) is 68.0 Å². The van der Waals surface area contributed by atoms with Gasteiger partial charge in [0.1, 0.15) is 11.5 Å². The molecule has 0 unspecified atom stereocenters. The fourth-order valence-electron chi connectivity index (χ4n) is 1.91. The van der Waals surface area contributed by atoms with Crippen LogP contribution in [0.4, 0.5) is 4.39 Å². The number of rotatable bonds is 4. The van der Waals surface area contributed by atoms with Gasteiger partial charge in [-0.25, -0.2) is 4.39 Å². The fourth-order valence-corrected chi connectivity index (χ4v) is 1.91. The van der Waals surface area contributed by atoms with Gasteiger partial charge in [-0.15, -0.1) is 0 Å². The van der Waals surface area contributed by atoms with Crippen LogP contribution in [0.1, 0.15) is 16.1 Å². The zero-order valence-corrected chi connectivity index (χ0v) is 11.5. The molecule has 1 N–H and O–H groups in total. The Morgan fingerprint density at radius 1 is 1.23 bits per heavy atom. The van der Waals surface area contributed by atoms with Crippen LogP contribution in [0, 0.1) is 5.82 Å². The summed E-state index contributed by atoms with van der Waals surface area (Å²) in [4.78, 5) is 16.0. The van der Waals surface area contributed by atoms with Crippen molar-refractivity contribution < 1.29 is 13.7 Å². The summed E-state index contributed by atoms with van der Waals surface area (Å²) in [6.07, 6.45) is 3.33. The average Bonchev–Trinajstić information content (AvgIpc) is 3.04. The highest BCUT2D eigenvalue weighted by atomic mass is 19.1. The normalized spacial score (nSPS) is 10.4. The van der Waals surface area contributed by atoms with Gasteiger partial charge in [-0.3, -0.25) is 9.78 Å². The first-order chi connectivity index (χ1) is 10.7. The van der Waals surface area contributed by atoms with Crippen LogP contribution in [0.2, 0.25) is 0 Å². The van der Waals surface area contributed by atoms with Crippen molar-refractivity contribution in [3.8, 4) is 11.3 Å². The molecule has 0 aliphatic heterocycles. The summed E-state index contributed by atoms with van der Waals surface area (Å²) in [5.41, 5.74) is 2.04. The van der Waals surface area contributed by atoms with E-state index >= 15 is 0 Å². The third-order valence-electron chi connectivity index (χ3n) is 3.05. The van der Waals surface area contributed by atoms with Crippen molar-refractivity contribution in [1.82, 2.24) is 15.5 Å². The zero-order chi connectivity index (χ0) is 15.4. The van der Waals surface area contributed by atoms with Crippen LogP contribution in [0.3, 0.4) is 0 Å². The van der Waals surface area contributed by atoms with E-state index in [1.807, 2.05) is 6.07 Å². The Labute approximate surface area is 125 Å². The standard InChI is InChI=1S/C16H12FN3O2/c17-13-5-3-12(4-6-13)14-8-15(22-20-14)16(21)19-10-11-2-1-7-18-9-11/h1-9H,10H2,(H,19,21). The Morgan fingerprint density at radius 2 is 2.05 bits per heavy atom. The summed E-state index contributed by atoms with van der Waals surface area (Å²) in [6.45, 7) is 0.346. The molecular weight excluding hydrogens is 285 g/mol. The number of carbonyl (C=O) groups excluding carboxylic acids is 1. The summed E-state index contributed by atoms with van der Waals surface area (Å²) in [7, 11) is 0. The van der Waals surface area contributed by atoms with Gasteiger partial charge in [-0.2, -0.15) is 0 Å². The molecule has 0 saturated carbocycles. The smallest absolute Gasteiger partial charge is 0.290 e. The van der Waals surface area contributed by atoms with E-state index in [-0.39, 0.29) is 17.5 Å². The van der Waals surface area contributed by atoms with Gasteiger partial charge in [-0.1, -0.05) is 11.2 Å². The van der Waals surface area contributed by atoms with Gasteiger partial charge < -0.3 is 9.84 Å². The molecule has 2 heterocycles. The minimum absolute atomic E-state index is 0.100. The molecule has 22 heavy (non-hydrogen) atoms. The highest BCUT2D eigenvalue weighted by molar-refractivity contribution is 5.92. The summed E-state index contributed by atoms with van der Waals surface area (Å²) < 4.78 is 17.9. The van der Waals surface area contributed by atoms with E-state index in [0.29, 0.717) is 17.8 Å². The Morgan fingerprint density at radius 3 is 2.77 bits per heavy atom. The predicted molar refractivity (Wildman–Crippen MR) is 77.3 cm³/mol. The summed E-state index contributed by atoms with van der Waals surface area (Å²) in [6, 6.07) is 11.0. The Bertz CT molecular complexity index is 770.